The van der Waals surface area contributed by atoms with E-state index in [1.54, 1.807) is 22.8 Å². The van der Waals surface area contributed by atoms with Crippen molar-refractivity contribution < 1.29 is 14.4 Å². The van der Waals surface area contributed by atoms with Crippen LogP contribution in [0.1, 0.15) is 52.0 Å². The largest absolute Gasteiger partial charge is 0.348 e. The van der Waals surface area contributed by atoms with Crippen LogP contribution in [0.3, 0.4) is 0 Å². The SMILES string of the molecule is CCn1c(CC(=O)Nc2ccc(Cl)c(Cl)c2)nnc1SCC(=O)Nc1sc2c(c1C(=O)NCc1ccccc1)CCCC2. The molecule has 0 spiro atoms. The fourth-order valence-electron chi connectivity index (χ4n) is 4.85. The molecule has 5 rings (SSSR count). The van der Waals surface area contributed by atoms with Gasteiger partial charge in [-0.15, -0.1) is 21.5 Å². The van der Waals surface area contributed by atoms with Gasteiger partial charge in [0.2, 0.25) is 11.8 Å². The highest BCUT2D eigenvalue weighted by atomic mass is 35.5. The predicted octanol–water partition coefficient (Wildman–Crippen LogP) is 6.39. The molecule has 0 saturated carbocycles. The fraction of sp³-hybridized carbons (Fsp3) is 0.300. The van der Waals surface area contributed by atoms with Crippen LogP contribution in [-0.2, 0) is 41.9 Å². The van der Waals surface area contributed by atoms with E-state index in [-0.39, 0.29) is 29.9 Å². The number of hydrogen-bond acceptors (Lipinski definition) is 7. The molecule has 0 unspecified atom stereocenters. The molecule has 2 aromatic heterocycles. The molecule has 224 valence electrons. The number of nitrogens with one attached hydrogen (secondary N) is 3. The van der Waals surface area contributed by atoms with Gasteiger partial charge in [-0.1, -0.05) is 65.3 Å². The van der Waals surface area contributed by atoms with Crippen molar-refractivity contribution in [3.63, 3.8) is 0 Å². The average Bonchev–Trinajstić information content (AvgIpc) is 3.57. The van der Waals surface area contributed by atoms with Gasteiger partial charge >= 0.3 is 0 Å². The maximum absolute atomic E-state index is 13.3. The van der Waals surface area contributed by atoms with Crippen molar-refractivity contribution in [1.82, 2.24) is 20.1 Å². The van der Waals surface area contributed by atoms with Crippen molar-refractivity contribution in [3.8, 4) is 0 Å². The summed E-state index contributed by atoms with van der Waals surface area (Å²) in [5.74, 6) is -0.159. The van der Waals surface area contributed by atoms with Gasteiger partial charge in [-0.3, -0.25) is 14.4 Å². The second kappa shape index (κ2) is 14.4. The summed E-state index contributed by atoms with van der Waals surface area (Å²) in [5, 5.41) is 19.1. The second-order valence-electron chi connectivity index (χ2n) is 9.92. The standard InChI is InChI=1S/C30H30Cl2N6O3S2/c1-2-38-24(15-25(39)34-19-12-13-21(31)22(32)14-19)36-37-30(38)42-17-26(40)35-29-27(20-10-6-7-11-23(20)43-29)28(41)33-16-18-8-4-3-5-9-18/h3-5,8-9,12-14H,2,6-7,10-11,15-17H2,1H3,(H,33,41)(H,34,39)(H,35,40). The summed E-state index contributed by atoms with van der Waals surface area (Å²) < 4.78 is 1.80. The highest BCUT2D eigenvalue weighted by molar-refractivity contribution is 7.99. The number of carbonyl (C=O) groups is 3. The van der Waals surface area contributed by atoms with Crippen LogP contribution < -0.4 is 16.0 Å². The number of carbonyl (C=O) groups excluding carboxylic acids is 3. The van der Waals surface area contributed by atoms with Crippen LogP contribution >= 0.6 is 46.3 Å². The van der Waals surface area contributed by atoms with E-state index < -0.39 is 0 Å². The van der Waals surface area contributed by atoms with E-state index in [1.165, 1.54) is 23.1 Å². The first-order chi connectivity index (χ1) is 20.8. The summed E-state index contributed by atoms with van der Waals surface area (Å²) in [4.78, 5) is 40.2. The minimum absolute atomic E-state index is 0.00392. The van der Waals surface area contributed by atoms with Crippen molar-refractivity contribution in [3.05, 3.63) is 86.0 Å². The molecule has 3 amide bonds. The number of hydrogen-bond donors (Lipinski definition) is 3. The number of halogens is 2. The zero-order valence-electron chi connectivity index (χ0n) is 23.4. The number of nitrogens with zero attached hydrogens (tertiary/aromatic N) is 3. The monoisotopic (exact) mass is 656 g/mol. The van der Waals surface area contributed by atoms with Gasteiger partial charge in [-0.2, -0.15) is 0 Å². The topological polar surface area (TPSA) is 118 Å². The normalized spacial score (nSPS) is 12.4. The van der Waals surface area contributed by atoms with E-state index in [2.05, 4.69) is 26.1 Å². The maximum Gasteiger partial charge on any atom is 0.254 e. The number of fused-ring (bicyclic) bond motifs is 1. The number of rotatable bonds is 11. The molecule has 0 radical (unpaired) electrons. The summed E-state index contributed by atoms with van der Waals surface area (Å²) in [5.41, 5.74) is 3.14. The molecular formula is C30H30Cl2N6O3S2. The van der Waals surface area contributed by atoms with E-state index in [9.17, 15) is 14.4 Å². The molecule has 2 aromatic carbocycles. The Hall–Kier alpha value is -3.38. The Morgan fingerprint density at radius 1 is 0.977 bits per heavy atom. The van der Waals surface area contributed by atoms with Gasteiger partial charge in [0.1, 0.15) is 10.8 Å². The molecule has 0 atom stereocenters. The highest BCUT2D eigenvalue weighted by Crippen LogP contribution is 2.38. The number of aryl methyl sites for hydroxylation is 1. The molecule has 43 heavy (non-hydrogen) atoms. The third-order valence-electron chi connectivity index (χ3n) is 6.91. The Morgan fingerprint density at radius 3 is 2.53 bits per heavy atom. The molecule has 1 aliphatic rings. The van der Waals surface area contributed by atoms with E-state index in [0.29, 0.717) is 50.4 Å². The quantitative estimate of drug-likeness (QED) is 0.161. The van der Waals surface area contributed by atoms with Gasteiger partial charge in [-0.25, -0.2) is 0 Å². The zero-order valence-corrected chi connectivity index (χ0v) is 26.6. The molecule has 0 fully saturated rings. The van der Waals surface area contributed by atoms with Crippen molar-refractivity contribution in [2.75, 3.05) is 16.4 Å². The van der Waals surface area contributed by atoms with Crippen LogP contribution in [0.25, 0.3) is 0 Å². The van der Waals surface area contributed by atoms with Gasteiger partial charge in [0.05, 0.1) is 27.8 Å². The number of aromatic nitrogens is 3. The molecule has 13 heteroatoms. The summed E-state index contributed by atoms with van der Waals surface area (Å²) in [6.45, 7) is 2.86. The lowest BCUT2D eigenvalue weighted by Gasteiger charge is -2.13. The average molecular weight is 658 g/mol. The minimum atomic E-state index is -0.283. The van der Waals surface area contributed by atoms with Crippen LogP contribution in [-0.4, -0.2) is 38.2 Å². The zero-order chi connectivity index (χ0) is 30.3. The van der Waals surface area contributed by atoms with Gasteiger partial charge in [0.15, 0.2) is 5.16 Å². The first-order valence-electron chi connectivity index (χ1n) is 13.9. The molecule has 4 aromatic rings. The van der Waals surface area contributed by atoms with Crippen LogP contribution in [0.5, 0.6) is 0 Å². The van der Waals surface area contributed by atoms with Crippen LogP contribution in [0.2, 0.25) is 10.0 Å². The fourth-order valence-corrected chi connectivity index (χ4v) is 7.27. The smallest absolute Gasteiger partial charge is 0.254 e. The van der Waals surface area contributed by atoms with E-state index in [4.69, 9.17) is 23.2 Å². The van der Waals surface area contributed by atoms with E-state index in [1.807, 2.05) is 37.3 Å². The Bertz CT molecular complexity index is 1640. The van der Waals surface area contributed by atoms with Crippen LogP contribution in [0.4, 0.5) is 10.7 Å². The molecule has 3 N–H and O–H groups in total. The number of amides is 3. The summed E-state index contributed by atoms with van der Waals surface area (Å²) in [6.07, 6.45) is 3.82. The second-order valence-corrected chi connectivity index (χ2v) is 12.8. The van der Waals surface area contributed by atoms with Crippen molar-refractivity contribution >= 4 is 74.7 Å². The van der Waals surface area contributed by atoms with E-state index >= 15 is 0 Å². The van der Waals surface area contributed by atoms with Gasteiger partial charge < -0.3 is 20.5 Å². The van der Waals surface area contributed by atoms with Crippen molar-refractivity contribution in [2.45, 2.75) is 57.3 Å². The van der Waals surface area contributed by atoms with E-state index in [0.717, 1.165) is 41.7 Å². The first kappa shape index (κ1) is 31.1. The number of benzene rings is 2. The lowest BCUT2D eigenvalue weighted by atomic mass is 9.95. The van der Waals surface area contributed by atoms with Crippen molar-refractivity contribution in [1.29, 1.82) is 0 Å². The third-order valence-corrected chi connectivity index (χ3v) is 9.82. The molecule has 0 saturated heterocycles. The number of thioether (sulfide) groups is 1. The molecule has 9 nitrogen and oxygen atoms in total. The molecule has 0 aliphatic heterocycles. The Labute approximate surface area is 267 Å². The van der Waals surface area contributed by atoms with Crippen molar-refractivity contribution in [2.24, 2.45) is 0 Å². The summed E-state index contributed by atoms with van der Waals surface area (Å²) in [7, 11) is 0. The lowest BCUT2D eigenvalue weighted by molar-refractivity contribution is -0.116. The predicted molar refractivity (Wildman–Crippen MR) is 172 cm³/mol. The summed E-state index contributed by atoms with van der Waals surface area (Å²) in [6, 6.07) is 14.6. The van der Waals surface area contributed by atoms with Crippen LogP contribution in [0, 0.1) is 0 Å². The van der Waals surface area contributed by atoms with Crippen LogP contribution in [0.15, 0.2) is 53.7 Å². The Balaban J connectivity index is 1.22. The van der Waals surface area contributed by atoms with Gasteiger partial charge in [-0.05, 0) is 61.9 Å². The highest BCUT2D eigenvalue weighted by Gasteiger charge is 2.26. The number of thiophene rings is 1. The molecule has 1 aliphatic carbocycles. The third kappa shape index (κ3) is 7.77. The van der Waals surface area contributed by atoms with Gasteiger partial charge in [0, 0.05) is 23.7 Å². The van der Waals surface area contributed by atoms with Gasteiger partial charge in [0.25, 0.3) is 5.91 Å². The Kier molecular flexibility index (Phi) is 10.4. The Morgan fingerprint density at radius 2 is 1.77 bits per heavy atom. The minimum Gasteiger partial charge on any atom is -0.348 e. The lowest BCUT2D eigenvalue weighted by Crippen LogP contribution is -2.25. The maximum atomic E-state index is 13.3. The summed E-state index contributed by atoms with van der Waals surface area (Å²) >= 11 is 14.7. The molecule has 2 heterocycles. The number of anilines is 2. The molecular weight excluding hydrogens is 627 g/mol. The molecule has 0 bridgehead atoms. The first-order valence-corrected chi connectivity index (χ1v) is 16.4.